The van der Waals surface area contributed by atoms with Crippen LogP contribution in [-0.2, 0) is 14.3 Å². The first-order valence-electron chi connectivity index (χ1n) is 6.82. The van der Waals surface area contributed by atoms with E-state index in [1.54, 1.807) is 6.92 Å². The second kappa shape index (κ2) is 7.78. The molecule has 1 aliphatic rings. The molecule has 1 fully saturated rings. The second-order valence-electron chi connectivity index (χ2n) is 5.26. The Morgan fingerprint density at radius 2 is 2.05 bits per heavy atom. The summed E-state index contributed by atoms with van der Waals surface area (Å²) in [6, 6.07) is 1.29. The summed E-state index contributed by atoms with van der Waals surface area (Å²) in [7, 11) is 1.29. The van der Waals surface area contributed by atoms with E-state index in [1.807, 2.05) is 6.07 Å². The van der Waals surface area contributed by atoms with E-state index in [4.69, 9.17) is 5.26 Å². The lowest BCUT2D eigenvalue weighted by molar-refractivity contribution is -0.146. The maximum absolute atomic E-state index is 11.9. The first kappa shape index (κ1) is 15.5. The van der Waals surface area contributed by atoms with Gasteiger partial charge >= 0.3 is 5.97 Å². The quantitative estimate of drug-likeness (QED) is 0.743. The number of esters is 1. The lowest BCUT2D eigenvalue weighted by Gasteiger charge is -2.21. The third-order valence-electron chi connectivity index (χ3n) is 3.70. The number of nitriles is 1. The minimum atomic E-state index is -0.724. The monoisotopic (exact) mass is 266 g/mol. The Kier molecular flexibility index (Phi) is 6.34. The molecule has 0 unspecified atom stereocenters. The van der Waals surface area contributed by atoms with Crippen LogP contribution in [0.5, 0.6) is 0 Å². The molecule has 1 N–H and O–H groups in total. The van der Waals surface area contributed by atoms with Gasteiger partial charge < -0.3 is 10.1 Å². The summed E-state index contributed by atoms with van der Waals surface area (Å²) in [5.41, 5.74) is 0. The predicted octanol–water partition coefficient (Wildman–Crippen LogP) is 1.77. The van der Waals surface area contributed by atoms with Crippen LogP contribution in [0.15, 0.2) is 0 Å². The molecule has 0 aromatic carbocycles. The van der Waals surface area contributed by atoms with Gasteiger partial charge in [-0.3, -0.25) is 4.79 Å². The van der Waals surface area contributed by atoms with Crippen molar-refractivity contribution in [3.05, 3.63) is 0 Å². The topological polar surface area (TPSA) is 79.2 Å². The molecular weight excluding hydrogens is 244 g/mol. The van der Waals surface area contributed by atoms with Crippen LogP contribution in [0.4, 0.5) is 0 Å². The van der Waals surface area contributed by atoms with E-state index in [1.165, 1.54) is 20.0 Å². The van der Waals surface area contributed by atoms with Crippen LogP contribution in [0, 0.1) is 23.2 Å². The van der Waals surface area contributed by atoms with Gasteiger partial charge in [0.2, 0.25) is 5.91 Å². The number of carbonyl (C=O) groups excluding carboxylic acids is 2. The van der Waals surface area contributed by atoms with E-state index in [0.717, 1.165) is 12.8 Å². The van der Waals surface area contributed by atoms with Crippen LogP contribution >= 0.6 is 0 Å². The summed E-state index contributed by atoms with van der Waals surface area (Å²) in [6.07, 6.45) is 5.22. The predicted molar refractivity (Wildman–Crippen MR) is 69.9 cm³/mol. The number of amides is 1. The van der Waals surface area contributed by atoms with Gasteiger partial charge in [0.05, 0.1) is 13.2 Å². The van der Waals surface area contributed by atoms with E-state index in [-0.39, 0.29) is 18.2 Å². The van der Waals surface area contributed by atoms with Gasteiger partial charge in [-0.25, -0.2) is 4.79 Å². The van der Waals surface area contributed by atoms with Gasteiger partial charge in [-0.1, -0.05) is 19.8 Å². The fourth-order valence-electron chi connectivity index (χ4n) is 2.53. The summed E-state index contributed by atoms with van der Waals surface area (Å²) in [5, 5.41) is 11.4. The summed E-state index contributed by atoms with van der Waals surface area (Å²) < 4.78 is 4.69. The average molecular weight is 266 g/mol. The molecule has 19 heavy (non-hydrogen) atoms. The minimum Gasteiger partial charge on any atom is -0.467 e. The van der Waals surface area contributed by atoms with Crippen molar-refractivity contribution < 1.29 is 14.3 Å². The van der Waals surface area contributed by atoms with Gasteiger partial charge in [0, 0.05) is 18.8 Å². The van der Waals surface area contributed by atoms with Crippen LogP contribution < -0.4 is 5.32 Å². The number of hydrogen-bond donors (Lipinski definition) is 1. The molecule has 5 nitrogen and oxygen atoms in total. The molecule has 1 saturated carbocycles. The molecule has 0 aliphatic heterocycles. The number of carbonyl (C=O) groups is 2. The van der Waals surface area contributed by atoms with Crippen molar-refractivity contribution >= 4 is 11.9 Å². The molecule has 5 heteroatoms. The number of nitrogens with zero attached hydrogens (tertiary/aromatic N) is 1. The largest absolute Gasteiger partial charge is 0.467 e. The Balaban J connectivity index is 2.53. The molecule has 106 valence electrons. The zero-order valence-electron chi connectivity index (χ0n) is 11.6. The van der Waals surface area contributed by atoms with Crippen molar-refractivity contribution in [3.63, 3.8) is 0 Å². The van der Waals surface area contributed by atoms with Gasteiger partial charge in [-0.2, -0.15) is 5.26 Å². The van der Waals surface area contributed by atoms with Crippen LogP contribution in [0.3, 0.4) is 0 Å². The van der Waals surface area contributed by atoms with Gasteiger partial charge in [-0.05, 0) is 18.8 Å². The summed E-state index contributed by atoms with van der Waals surface area (Å²) in [4.78, 5) is 23.6. The lowest BCUT2D eigenvalue weighted by Crippen LogP contribution is -2.46. The van der Waals surface area contributed by atoms with E-state index in [0.29, 0.717) is 12.3 Å². The molecule has 0 saturated heterocycles. The van der Waals surface area contributed by atoms with E-state index >= 15 is 0 Å². The summed E-state index contributed by atoms with van der Waals surface area (Å²) in [6.45, 7) is 1.76. The molecule has 1 aliphatic carbocycles. The molecule has 1 amide bonds. The fourth-order valence-corrected chi connectivity index (χ4v) is 2.53. The smallest absolute Gasteiger partial charge is 0.328 e. The number of methoxy groups -OCH3 is 1. The van der Waals surface area contributed by atoms with Crippen LogP contribution in [-0.4, -0.2) is 25.0 Å². The Hall–Kier alpha value is -1.57. The summed E-state index contributed by atoms with van der Waals surface area (Å²) in [5.74, 6) is -0.413. The van der Waals surface area contributed by atoms with Gasteiger partial charge in [0.1, 0.15) is 6.04 Å². The van der Waals surface area contributed by atoms with Crippen molar-refractivity contribution in [1.29, 1.82) is 5.26 Å². The fraction of sp³-hybridized carbons (Fsp3) is 0.786. The van der Waals surface area contributed by atoms with E-state index in [2.05, 4.69) is 10.1 Å². The summed E-state index contributed by atoms with van der Waals surface area (Å²) >= 11 is 0. The Morgan fingerprint density at radius 1 is 1.42 bits per heavy atom. The number of nitrogens with one attached hydrogen (secondary N) is 1. The molecule has 2 atom stereocenters. The van der Waals surface area contributed by atoms with E-state index in [9.17, 15) is 9.59 Å². The Morgan fingerprint density at radius 3 is 2.58 bits per heavy atom. The van der Waals surface area contributed by atoms with Crippen molar-refractivity contribution in [3.8, 4) is 6.07 Å². The maximum Gasteiger partial charge on any atom is 0.328 e. The SMILES string of the molecule is COC(=O)[C@@H](NC(=O)CC1CCCC1)[C@H](C)CC#N. The normalized spacial score (nSPS) is 18.4. The number of hydrogen-bond acceptors (Lipinski definition) is 4. The first-order chi connectivity index (χ1) is 9.08. The van der Waals surface area contributed by atoms with Crippen molar-refractivity contribution in [2.24, 2.45) is 11.8 Å². The molecule has 0 heterocycles. The number of rotatable bonds is 6. The van der Waals surface area contributed by atoms with E-state index < -0.39 is 12.0 Å². The highest BCUT2D eigenvalue weighted by Gasteiger charge is 2.28. The highest BCUT2D eigenvalue weighted by Crippen LogP contribution is 2.27. The molecule has 0 radical (unpaired) electrons. The Labute approximate surface area is 114 Å². The van der Waals surface area contributed by atoms with Crippen LogP contribution in [0.1, 0.15) is 45.4 Å². The van der Waals surface area contributed by atoms with Crippen LogP contribution in [0.25, 0.3) is 0 Å². The molecule has 0 spiro atoms. The average Bonchev–Trinajstić information content (AvgIpc) is 2.88. The van der Waals surface area contributed by atoms with Gasteiger partial charge in [0.15, 0.2) is 0 Å². The maximum atomic E-state index is 11.9. The standard InChI is InChI=1S/C14H22N2O3/c1-10(7-8-15)13(14(18)19-2)16-12(17)9-11-5-3-4-6-11/h10-11,13H,3-7,9H2,1-2H3,(H,16,17)/t10-,13+/m1/s1. The van der Waals surface area contributed by atoms with Crippen molar-refractivity contribution in [1.82, 2.24) is 5.32 Å². The number of ether oxygens (including phenoxy) is 1. The highest BCUT2D eigenvalue weighted by atomic mass is 16.5. The molecule has 0 aromatic heterocycles. The molecule has 0 aromatic rings. The molecule has 0 bridgehead atoms. The zero-order chi connectivity index (χ0) is 14.3. The molecule has 1 rings (SSSR count). The third kappa shape index (κ3) is 4.90. The minimum absolute atomic E-state index is 0.118. The van der Waals surface area contributed by atoms with Crippen LogP contribution in [0.2, 0.25) is 0 Å². The van der Waals surface area contributed by atoms with Gasteiger partial charge in [-0.15, -0.1) is 0 Å². The molecular formula is C14H22N2O3. The second-order valence-corrected chi connectivity index (χ2v) is 5.26. The lowest BCUT2D eigenvalue weighted by atomic mass is 9.97. The third-order valence-corrected chi connectivity index (χ3v) is 3.70. The zero-order valence-corrected chi connectivity index (χ0v) is 11.6. The first-order valence-corrected chi connectivity index (χ1v) is 6.82. The highest BCUT2D eigenvalue weighted by molar-refractivity contribution is 5.84. The van der Waals surface area contributed by atoms with Gasteiger partial charge in [0.25, 0.3) is 0 Å². The van der Waals surface area contributed by atoms with Crippen molar-refractivity contribution in [2.45, 2.75) is 51.5 Å². The Bertz CT molecular complexity index is 356. The van der Waals surface area contributed by atoms with Crippen molar-refractivity contribution in [2.75, 3.05) is 7.11 Å².